The zero-order valence-corrected chi connectivity index (χ0v) is 14.9. The van der Waals surface area contributed by atoms with Crippen LogP contribution in [0.4, 0.5) is 5.95 Å². The first-order valence-electron chi connectivity index (χ1n) is 9.31. The van der Waals surface area contributed by atoms with Crippen molar-refractivity contribution in [2.75, 3.05) is 57.8 Å². The molecule has 1 amide bonds. The standard InChI is InChI=1S/C18H27N5O2/c1-21-7-9-22(10-8-21)17(24)15-11-14-12-23(6-3-16(14)25-13-15)18-19-4-2-5-20-18/h2,4-5,14-16H,3,6-13H2,1H3/t14-,15-,16+/m1/s1. The number of piperidine rings is 1. The Balaban J connectivity index is 1.38. The largest absolute Gasteiger partial charge is 0.377 e. The Morgan fingerprint density at radius 1 is 1.16 bits per heavy atom. The van der Waals surface area contributed by atoms with E-state index in [4.69, 9.17) is 4.74 Å². The van der Waals surface area contributed by atoms with Crippen molar-refractivity contribution in [1.82, 2.24) is 19.8 Å². The van der Waals surface area contributed by atoms with Crippen molar-refractivity contribution in [2.24, 2.45) is 11.8 Å². The first-order valence-corrected chi connectivity index (χ1v) is 9.31. The lowest BCUT2D eigenvalue weighted by Gasteiger charge is -2.44. The van der Waals surface area contributed by atoms with E-state index in [1.165, 1.54) is 0 Å². The molecule has 0 N–H and O–H groups in total. The van der Waals surface area contributed by atoms with Gasteiger partial charge in [-0.3, -0.25) is 4.79 Å². The summed E-state index contributed by atoms with van der Waals surface area (Å²) in [6.07, 6.45) is 5.74. The minimum absolute atomic E-state index is 0.00120. The second kappa shape index (κ2) is 7.25. The highest BCUT2D eigenvalue weighted by Crippen LogP contribution is 2.33. The molecule has 0 unspecified atom stereocenters. The molecule has 4 heterocycles. The smallest absolute Gasteiger partial charge is 0.228 e. The van der Waals surface area contributed by atoms with Crippen LogP contribution in [-0.4, -0.2) is 84.7 Å². The third-order valence-electron chi connectivity index (χ3n) is 5.76. The van der Waals surface area contributed by atoms with Crippen molar-refractivity contribution >= 4 is 11.9 Å². The Morgan fingerprint density at radius 2 is 1.92 bits per heavy atom. The lowest BCUT2D eigenvalue weighted by molar-refractivity contribution is -0.147. The maximum Gasteiger partial charge on any atom is 0.228 e. The Bertz CT molecular complexity index is 590. The van der Waals surface area contributed by atoms with Gasteiger partial charge >= 0.3 is 0 Å². The van der Waals surface area contributed by atoms with E-state index in [0.717, 1.165) is 58.1 Å². The number of likely N-dealkylation sites (N-methyl/N-ethyl adjacent to an activating group) is 1. The van der Waals surface area contributed by atoms with E-state index in [2.05, 4.69) is 26.8 Å². The number of hydrogen-bond donors (Lipinski definition) is 0. The summed E-state index contributed by atoms with van der Waals surface area (Å²) in [5.74, 6) is 1.45. The quantitative estimate of drug-likeness (QED) is 0.777. The molecular weight excluding hydrogens is 318 g/mol. The molecule has 0 radical (unpaired) electrons. The topological polar surface area (TPSA) is 61.8 Å². The molecule has 3 fully saturated rings. The van der Waals surface area contributed by atoms with Crippen LogP contribution in [0.1, 0.15) is 12.8 Å². The van der Waals surface area contributed by atoms with Crippen LogP contribution in [-0.2, 0) is 9.53 Å². The summed E-state index contributed by atoms with van der Waals surface area (Å²) in [6.45, 7) is 5.97. The number of ether oxygens (including phenoxy) is 1. The molecule has 3 saturated heterocycles. The third-order valence-corrected chi connectivity index (χ3v) is 5.76. The number of rotatable bonds is 2. The molecule has 25 heavy (non-hydrogen) atoms. The lowest BCUT2D eigenvalue weighted by atomic mass is 9.83. The average molecular weight is 345 g/mol. The molecule has 7 nitrogen and oxygen atoms in total. The number of fused-ring (bicyclic) bond motifs is 1. The summed E-state index contributed by atoms with van der Waals surface area (Å²) in [5.41, 5.74) is 0. The van der Waals surface area contributed by atoms with Crippen LogP contribution in [0, 0.1) is 11.8 Å². The molecule has 0 aromatic carbocycles. The molecule has 0 saturated carbocycles. The Hall–Kier alpha value is -1.73. The van der Waals surface area contributed by atoms with Gasteiger partial charge in [-0.15, -0.1) is 0 Å². The molecule has 3 atom stereocenters. The zero-order valence-electron chi connectivity index (χ0n) is 14.9. The summed E-state index contributed by atoms with van der Waals surface area (Å²) in [4.78, 5) is 28.1. The van der Waals surface area contributed by atoms with Crippen LogP contribution in [0.15, 0.2) is 18.5 Å². The van der Waals surface area contributed by atoms with Gasteiger partial charge in [-0.05, 0) is 26.0 Å². The number of piperazine rings is 1. The fraction of sp³-hybridized carbons (Fsp3) is 0.722. The summed E-state index contributed by atoms with van der Waals surface area (Å²) in [7, 11) is 2.11. The van der Waals surface area contributed by atoms with E-state index in [-0.39, 0.29) is 17.9 Å². The number of hydrogen-bond acceptors (Lipinski definition) is 6. The minimum Gasteiger partial charge on any atom is -0.377 e. The van der Waals surface area contributed by atoms with Gasteiger partial charge in [0.05, 0.1) is 18.6 Å². The van der Waals surface area contributed by atoms with Crippen LogP contribution in [0.2, 0.25) is 0 Å². The van der Waals surface area contributed by atoms with Crippen LogP contribution < -0.4 is 4.90 Å². The first kappa shape index (κ1) is 16.7. The van der Waals surface area contributed by atoms with Gasteiger partial charge in [0.1, 0.15) is 0 Å². The molecular formula is C18H27N5O2. The van der Waals surface area contributed by atoms with Crippen molar-refractivity contribution in [2.45, 2.75) is 18.9 Å². The van der Waals surface area contributed by atoms with Crippen molar-refractivity contribution in [3.05, 3.63) is 18.5 Å². The Kier molecular flexibility index (Phi) is 4.85. The molecule has 0 bridgehead atoms. The van der Waals surface area contributed by atoms with Gasteiger partial charge in [0.15, 0.2) is 0 Å². The van der Waals surface area contributed by atoms with Crippen molar-refractivity contribution in [3.8, 4) is 0 Å². The maximum atomic E-state index is 12.9. The molecule has 136 valence electrons. The van der Waals surface area contributed by atoms with E-state index >= 15 is 0 Å². The van der Waals surface area contributed by atoms with Gasteiger partial charge < -0.3 is 19.4 Å². The van der Waals surface area contributed by atoms with Gasteiger partial charge in [-0.1, -0.05) is 0 Å². The van der Waals surface area contributed by atoms with Gasteiger partial charge in [0.2, 0.25) is 11.9 Å². The summed E-state index contributed by atoms with van der Waals surface area (Å²) in [6, 6.07) is 1.84. The lowest BCUT2D eigenvalue weighted by Crippen LogP contribution is -2.54. The average Bonchev–Trinajstić information content (AvgIpc) is 2.68. The SMILES string of the molecule is CN1CCN(C(=O)[C@H]2CO[C@H]3CCN(c4ncccn4)C[C@H]3C2)CC1. The summed E-state index contributed by atoms with van der Waals surface area (Å²) in [5, 5.41) is 0. The van der Waals surface area contributed by atoms with Gasteiger partial charge in [0, 0.05) is 57.6 Å². The second-order valence-corrected chi connectivity index (χ2v) is 7.48. The monoisotopic (exact) mass is 345 g/mol. The normalized spacial score (nSPS) is 30.8. The number of anilines is 1. The number of carbonyl (C=O) groups excluding carboxylic acids is 1. The van der Waals surface area contributed by atoms with Crippen LogP contribution in [0.3, 0.4) is 0 Å². The maximum absolute atomic E-state index is 12.9. The third kappa shape index (κ3) is 3.62. The van der Waals surface area contributed by atoms with E-state index in [0.29, 0.717) is 12.5 Å². The van der Waals surface area contributed by atoms with Crippen LogP contribution in [0.25, 0.3) is 0 Å². The van der Waals surface area contributed by atoms with E-state index in [1.807, 2.05) is 11.0 Å². The second-order valence-electron chi connectivity index (χ2n) is 7.48. The van der Waals surface area contributed by atoms with Crippen molar-refractivity contribution in [3.63, 3.8) is 0 Å². The molecule has 0 aliphatic carbocycles. The van der Waals surface area contributed by atoms with E-state index in [9.17, 15) is 4.79 Å². The molecule has 3 aliphatic heterocycles. The van der Waals surface area contributed by atoms with Gasteiger partial charge in [0.25, 0.3) is 0 Å². The fourth-order valence-corrected chi connectivity index (χ4v) is 4.22. The highest BCUT2D eigenvalue weighted by Gasteiger charge is 2.40. The molecule has 1 aromatic rings. The predicted octanol–water partition coefficient (Wildman–Crippen LogP) is 0.482. The number of carbonyl (C=O) groups is 1. The highest BCUT2D eigenvalue weighted by atomic mass is 16.5. The van der Waals surface area contributed by atoms with Gasteiger partial charge in [-0.25, -0.2) is 9.97 Å². The Labute approximate surface area is 149 Å². The molecule has 4 rings (SSSR count). The molecule has 0 spiro atoms. The van der Waals surface area contributed by atoms with Crippen molar-refractivity contribution < 1.29 is 9.53 Å². The fourth-order valence-electron chi connectivity index (χ4n) is 4.22. The number of nitrogens with zero attached hydrogens (tertiary/aromatic N) is 5. The van der Waals surface area contributed by atoms with E-state index < -0.39 is 0 Å². The van der Waals surface area contributed by atoms with Crippen LogP contribution in [0.5, 0.6) is 0 Å². The summed E-state index contributed by atoms with van der Waals surface area (Å²) >= 11 is 0. The highest BCUT2D eigenvalue weighted by molar-refractivity contribution is 5.79. The number of amides is 1. The molecule has 1 aromatic heterocycles. The summed E-state index contributed by atoms with van der Waals surface area (Å²) < 4.78 is 6.09. The van der Waals surface area contributed by atoms with Crippen LogP contribution >= 0.6 is 0 Å². The molecule has 3 aliphatic rings. The predicted molar refractivity (Wildman–Crippen MR) is 94.3 cm³/mol. The number of aromatic nitrogens is 2. The van der Waals surface area contributed by atoms with Gasteiger partial charge in [-0.2, -0.15) is 0 Å². The zero-order chi connectivity index (χ0) is 17.2. The first-order chi connectivity index (χ1) is 12.2. The molecule has 7 heteroatoms. The minimum atomic E-state index is 0.00120. The Morgan fingerprint density at radius 3 is 2.68 bits per heavy atom. The van der Waals surface area contributed by atoms with Crippen molar-refractivity contribution in [1.29, 1.82) is 0 Å². The van der Waals surface area contributed by atoms with E-state index in [1.54, 1.807) is 12.4 Å².